The number of hydrogen-bond acceptors (Lipinski definition) is 4. The number of alkyl halides is 1. The minimum atomic E-state index is -0.646. The third-order valence-electron chi connectivity index (χ3n) is 4.58. The molecule has 0 saturated heterocycles. The highest BCUT2D eigenvalue weighted by molar-refractivity contribution is 7.18. The van der Waals surface area contributed by atoms with E-state index in [1.807, 2.05) is 26.0 Å². The molecule has 0 aliphatic carbocycles. The number of halogens is 2. The van der Waals surface area contributed by atoms with Crippen molar-refractivity contribution in [3.8, 4) is 0 Å². The van der Waals surface area contributed by atoms with Gasteiger partial charge in [-0.05, 0) is 44.2 Å². The van der Waals surface area contributed by atoms with Crippen LogP contribution in [0.15, 0.2) is 41.9 Å². The molecule has 7 heteroatoms. The molecule has 138 valence electrons. The van der Waals surface area contributed by atoms with Crippen LogP contribution in [0.4, 0.5) is 15.9 Å². The number of anilines is 2. The SMILES string of the molecule is C=Cc1sc2nc(C3=CC=NCC3(C)Cl)c(Nc3ccc(F)cc3)n2c1C. The van der Waals surface area contributed by atoms with Gasteiger partial charge >= 0.3 is 0 Å². The highest BCUT2D eigenvalue weighted by atomic mass is 35.5. The van der Waals surface area contributed by atoms with Gasteiger partial charge in [-0.3, -0.25) is 9.39 Å². The number of imidazole rings is 1. The number of aromatic nitrogens is 2. The molecule has 1 N–H and O–H groups in total. The van der Waals surface area contributed by atoms with Gasteiger partial charge < -0.3 is 5.32 Å². The number of rotatable bonds is 4. The van der Waals surface area contributed by atoms with Crippen molar-refractivity contribution in [1.82, 2.24) is 9.38 Å². The molecule has 0 radical (unpaired) electrons. The Morgan fingerprint density at radius 3 is 2.78 bits per heavy atom. The van der Waals surface area contributed by atoms with E-state index in [9.17, 15) is 4.39 Å². The molecule has 0 fully saturated rings. The molecular weight excluding hydrogens is 383 g/mol. The van der Waals surface area contributed by atoms with Gasteiger partial charge in [0.2, 0.25) is 0 Å². The van der Waals surface area contributed by atoms with Gasteiger partial charge in [-0.15, -0.1) is 11.6 Å². The Morgan fingerprint density at radius 2 is 2.11 bits per heavy atom. The lowest BCUT2D eigenvalue weighted by molar-refractivity contribution is 0.628. The first-order valence-electron chi connectivity index (χ1n) is 8.47. The van der Waals surface area contributed by atoms with Crippen LogP contribution >= 0.6 is 22.9 Å². The third kappa shape index (κ3) is 3.09. The van der Waals surface area contributed by atoms with Gasteiger partial charge in [0.1, 0.15) is 17.3 Å². The molecule has 27 heavy (non-hydrogen) atoms. The van der Waals surface area contributed by atoms with E-state index in [2.05, 4.69) is 21.3 Å². The number of aryl methyl sites for hydroxylation is 1. The Bertz CT molecular complexity index is 1090. The molecule has 0 amide bonds. The number of benzene rings is 1. The molecule has 0 spiro atoms. The maximum atomic E-state index is 13.3. The van der Waals surface area contributed by atoms with Crippen molar-refractivity contribution in [3.05, 3.63) is 59.0 Å². The highest BCUT2D eigenvalue weighted by Gasteiger charge is 2.33. The first-order chi connectivity index (χ1) is 12.9. The van der Waals surface area contributed by atoms with E-state index in [4.69, 9.17) is 16.6 Å². The van der Waals surface area contributed by atoms with Crippen LogP contribution < -0.4 is 5.32 Å². The Hall–Kier alpha value is -2.44. The summed E-state index contributed by atoms with van der Waals surface area (Å²) in [6, 6.07) is 6.25. The van der Waals surface area contributed by atoms with Crippen molar-refractivity contribution in [1.29, 1.82) is 0 Å². The van der Waals surface area contributed by atoms with Gasteiger partial charge in [-0.25, -0.2) is 9.37 Å². The predicted molar refractivity (Wildman–Crippen MR) is 113 cm³/mol. The molecule has 1 aliphatic heterocycles. The zero-order valence-corrected chi connectivity index (χ0v) is 16.5. The monoisotopic (exact) mass is 400 g/mol. The summed E-state index contributed by atoms with van der Waals surface area (Å²) in [5, 5.41) is 3.40. The number of fused-ring (bicyclic) bond motifs is 1. The summed E-state index contributed by atoms with van der Waals surface area (Å²) in [5.41, 5.74) is 3.48. The van der Waals surface area contributed by atoms with Crippen molar-refractivity contribution >= 4 is 57.3 Å². The van der Waals surface area contributed by atoms with Crippen LogP contribution in [0.5, 0.6) is 0 Å². The van der Waals surface area contributed by atoms with Crippen molar-refractivity contribution in [3.63, 3.8) is 0 Å². The topological polar surface area (TPSA) is 41.7 Å². The van der Waals surface area contributed by atoms with E-state index in [-0.39, 0.29) is 5.82 Å². The van der Waals surface area contributed by atoms with Crippen LogP contribution in [0.25, 0.3) is 16.6 Å². The predicted octanol–water partition coefficient (Wildman–Crippen LogP) is 5.70. The molecule has 0 bridgehead atoms. The quantitative estimate of drug-likeness (QED) is 0.571. The van der Waals surface area contributed by atoms with Crippen LogP contribution in [0, 0.1) is 12.7 Å². The summed E-state index contributed by atoms with van der Waals surface area (Å²) in [6.07, 6.45) is 5.49. The normalized spacial score (nSPS) is 19.3. The summed E-state index contributed by atoms with van der Waals surface area (Å²) >= 11 is 8.31. The molecule has 1 aliphatic rings. The van der Waals surface area contributed by atoms with Crippen molar-refractivity contribution in [2.75, 3.05) is 11.9 Å². The second kappa shape index (κ2) is 6.62. The average molecular weight is 401 g/mol. The summed E-state index contributed by atoms with van der Waals surface area (Å²) < 4.78 is 15.4. The molecule has 1 unspecified atom stereocenters. The number of aliphatic imine (C=N–C) groups is 1. The van der Waals surface area contributed by atoms with Crippen molar-refractivity contribution in [2.45, 2.75) is 18.7 Å². The summed E-state index contributed by atoms with van der Waals surface area (Å²) in [7, 11) is 0. The van der Waals surface area contributed by atoms with Crippen molar-refractivity contribution < 1.29 is 4.39 Å². The van der Waals surface area contributed by atoms with Gasteiger partial charge in [0.25, 0.3) is 0 Å². The number of nitrogens with one attached hydrogen (secondary N) is 1. The van der Waals surface area contributed by atoms with E-state index >= 15 is 0 Å². The molecule has 0 saturated carbocycles. The van der Waals surface area contributed by atoms with Crippen LogP contribution in [0.3, 0.4) is 0 Å². The number of nitrogens with zero attached hydrogens (tertiary/aromatic N) is 3. The Kier molecular flexibility index (Phi) is 4.40. The first-order valence-corrected chi connectivity index (χ1v) is 9.67. The zero-order chi connectivity index (χ0) is 19.2. The zero-order valence-electron chi connectivity index (χ0n) is 15.0. The smallest absolute Gasteiger partial charge is 0.196 e. The maximum absolute atomic E-state index is 13.3. The van der Waals surface area contributed by atoms with Crippen LogP contribution in [-0.4, -0.2) is 27.0 Å². The molecule has 1 aromatic carbocycles. The minimum absolute atomic E-state index is 0.278. The summed E-state index contributed by atoms with van der Waals surface area (Å²) in [6.45, 7) is 8.33. The van der Waals surface area contributed by atoms with E-state index in [1.54, 1.807) is 29.7 Å². The molecular formula is C20H18ClFN4S. The molecule has 4 nitrogen and oxygen atoms in total. The standard InChI is InChI=1S/C20H18ClFN4S/c1-4-16-12(2)26-18(24-14-7-5-13(22)6-8-14)17(25-19(26)27-16)15-9-10-23-11-20(15,3)21/h4-10,24H,1,11H2,2-3H3. The number of thiazole rings is 1. The van der Waals surface area contributed by atoms with Crippen LogP contribution in [0.1, 0.15) is 23.2 Å². The van der Waals surface area contributed by atoms with Gasteiger partial charge in [0.05, 0.1) is 11.4 Å². The largest absolute Gasteiger partial charge is 0.339 e. The highest BCUT2D eigenvalue weighted by Crippen LogP contribution is 2.41. The molecule has 4 rings (SSSR count). The lowest BCUT2D eigenvalue weighted by Crippen LogP contribution is -2.26. The maximum Gasteiger partial charge on any atom is 0.196 e. The summed E-state index contributed by atoms with van der Waals surface area (Å²) in [4.78, 5) is 10.4. The van der Waals surface area contributed by atoms with Crippen LogP contribution in [-0.2, 0) is 0 Å². The molecule has 3 aromatic rings. The van der Waals surface area contributed by atoms with E-state index in [0.717, 1.165) is 38.3 Å². The van der Waals surface area contributed by atoms with Gasteiger partial charge in [-0.2, -0.15) is 0 Å². The van der Waals surface area contributed by atoms with Crippen molar-refractivity contribution in [2.24, 2.45) is 4.99 Å². The lowest BCUT2D eigenvalue weighted by Gasteiger charge is -2.25. The Labute approximate surface area is 165 Å². The fourth-order valence-electron chi connectivity index (χ4n) is 3.16. The Balaban J connectivity index is 1.93. The van der Waals surface area contributed by atoms with Gasteiger partial charge in [-0.1, -0.05) is 24.0 Å². The lowest BCUT2D eigenvalue weighted by atomic mass is 9.95. The molecule has 1 atom stereocenters. The summed E-state index contributed by atoms with van der Waals surface area (Å²) in [5.74, 6) is 0.520. The average Bonchev–Trinajstić information content (AvgIpc) is 3.13. The van der Waals surface area contributed by atoms with E-state index in [0.29, 0.717) is 6.54 Å². The first kappa shape index (κ1) is 17.9. The molecule has 2 aromatic heterocycles. The van der Waals surface area contributed by atoms with E-state index in [1.165, 1.54) is 12.1 Å². The minimum Gasteiger partial charge on any atom is -0.339 e. The van der Waals surface area contributed by atoms with E-state index < -0.39 is 4.87 Å². The molecule has 3 heterocycles. The number of dihydropyridines is 1. The van der Waals surface area contributed by atoms with Gasteiger partial charge in [0.15, 0.2) is 4.96 Å². The second-order valence-electron chi connectivity index (χ2n) is 6.58. The number of allylic oxidation sites excluding steroid dienone is 1. The number of hydrogen-bond donors (Lipinski definition) is 1. The fraction of sp³-hybridized carbons (Fsp3) is 0.200. The van der Waals surface area contributed by atoms with Gasteiger partial charge in [0, 0.05) is 28.0 Å². The third-order valence-corrected chi connectivity index (χ3v) is 6.05. The Morgan fingerprint density at radius 1 is 1.37 bits per heavy atom. The second-order valence-corrected chi connectivity index (χ2v) is 8.43. The van der Waals surface area contributed by atoms with Crippen LogP contribution in [0.2, 0.25) is 0 Å². The fourth-order valence-corrected chi connectivity index (χ4v) is 4.36.